The lowest BCUT2D eigenvalue weighted by atomic mass is 10.1. The van der Waals surface area contributed by atoms with Gasteiger partial charge in [-0.1, -0.05) is 12.1 Å². The Morgan fingerprint density at radius 3 is 2.20 bits per heavy atom. The quantitative estimate of drug-likeness (QED) is 0.331. The second kappa shape index (κ2) is 7.96. The fourth-order valence-electron chi connectivity index (χ4n) is 2.21. The predicted molar refractivity (Wildman–Crippen MR) is 92.6 cm³/mol. The molecule has 0 aliphatic heterocycles. The number of carbonyl (C=O) groups is 1. The summed E-state index contributed by atoms with van der Waals surface area (Å²) in [5, 5.41) is 11.0. The lowest BCUT2D eigenvalue weighted by Crippen LogP contribution is -1.99. The van der Waals surface area contributed by atoms with Crippen molar-refractivity contribution in [2.75, 3.05) is 21.3 Å². The highest BCUT2D eigenvalue weighted by atomic mass is 16.6. The van der Waals surface area contributed by atoms with Gasteiger partial charge in [-0.05, 0) is 35.9 Å². The summed E-state index contributed by atoms with van der Waals surface area (Å²) in [5.74, 6) is 0.861. The van der Waals surface area contributed by atoms with E-state index in [1.165, 1.54) is 45.6 Å². The highest BCUT2D eigenvalue weighted by Gasteiger charge is 2.17. The van der Waals surface area contributed by atoms with E-state index in [-0.39, 0.29) is 22.8 Å². The Balaban J connectivity index is 2.26. The fraction of sp³-hybridized carbons (Fsp3) is 0.167. The van der Waals surface area contributed by atoms with Crippen LogP contribution in [-0.4, -0.2) is 32.0 Å². The number of benzene rings is 2. The van der Waals surface area contributed by atoms with E-state index in [1.807, 2.05) is 0 Å². The zero-order valence-electron chi connectivity index (χ0n) is 14.0. The number of allylic oxidation sites excluding steroid dienone is 1. The number of carbonyl (C=O) groups excluding carboxylic acids is 1. The van der Waals surface area contributed by atoms with Crippen molar-refractivity contribution in [3.05, 3.63) is 63.7 Å². The average molecular weight is 343 g/mol. The van der Waals surface area contributed by atoms with Crippen molar-refractivity contribution in [1.29, 1.82) is 0 Å². The van der Waals surface area contributed by atoms with Gasteiger partial charge in [0.2, 0.25) is 0 Å². The van der Waals surface area contributed by atoms with Crippen molar-refractivity contribution in [2.45, 2.75) is 0 Å². The number of ketones is 1. The van der Waals surface area contributed by atoms with E-state index in [2.05, 4.69) is 0 Å². The molecule has 0 fully saturated rings. The van der Waals surface area contributed by atoms with Gasteiger partial charge in [-0.3, -0.25) is 14.9 Å². The first kappa shape index (κ1) is 18.0. The molecule has 0 saturated carbocycles. The van der Waals surface area contributed by atoms with Gasteiger partial charge in [0.1, 0.15) is 0 Å². The van der Waals surface area contributed by atoms with E-state index in [9.17, 15) is 14.9 Å². The van der Waals surface area contributed by atoms with E-state index in [0.29, 0.717) is 11.5 Å². The molecule has 0 aliphatic carbocycles. The Labute approximate surface area is 144 Å². The average Bonchev–Trinajstić information content (AvgIpc) is 2.65. The second-order valence-corrected chi connectivity index (χ2v) is 4.96. The summed E-state index contributed by atoms with van der Waals surface area (Å²) in [4.78, 5) is 22.7. The van der Waals surface area contributed by atoms with E-state index in [0.717, 1.165) is 5.56 Å². The summed E-state index contributed by atoms with van der Waals surface area (Å²) < 4.78 is 15.3. The number of nitro benzene ring substituents is 1. The lowest BCUT2D eigenvalue weighted by Gasteiger charge is -2.07. The van der Waals surface area contributed by atoms with Gasteiger partial charge < -0.3 is 14.2 Å². The van der Waals surface area contributed by atoms with Crippen LogP contribution in [0.3, 0.4) is 0 Å². The van der Waals surface area contributed by atoms with Gasteiger partial charge in [0.15, 0.2) is 23.0 Å². The molecule has 130 valence electrons. The van der Waals surface area contributed by atoms with Crippen molar-refractivity contribution < 1.29 is 23.9 Å². The molecule has 0 saturated heterocycles. The van der Waals surface area contributed by atoms with E-state index < -0.39 is 4.92 Å². The van der Waals surface area contributed by atoms with E-state index >= 15 is 0 Å². The number of rotatable bonds is 7. The molecule has 7 heteroatoms. The molecule has 0 bridgehead atoms. The zero-order valence-corrected chi connectivity index (χ0v) is 14.0. The van der Waals surface area contributed by atoms with Gasteiger partial charge in [0, 0.05) is 11.6 Å². The third kappa shape index (κ3) is 4.14. The largest absolute Gasteiger partial charge is 0.493 e. The Bertz CT molecular complexity index is 828. The van der Waals surface area contributed by atoms with Crippen LogP contribution in [-0.2, 0) is 0 Å². The van der Waals surface area contributed by atoms with Crippen LogP contribution in [0.15, 0.2) is 42.5 Å². The molecule has 0 radical (unpaired) electrons. The molecular formula is C18H17NO6. The topological polar surface area (TPSA) is 87.9 Å². The Kier molecular flexibility index (Phi) is 5.73. The van der Waals surface area contributed by atoms with Crippen molar-refractivity contribution in [3.63, 3.8) is 0 Å². The molecule has 2 rings (SSSR count). The summed E-state index contributed by atoms with van der Waals surface area (Å²) >= 11 is 0. The molecule has 0 aliphatic rings. The maximum Gasteiger partial charge on any atom is 0.311 e. The van der Waals surface area contributed by atoms with Gasteiger partial charge in [-0.15, -0.1) is 0 Å². The minimum absolute atomic E-state index is 0.102. The first-order valence-electron chi connectivity index (χ1n) is 7.27. The zero-order chi connectivity index (χ0) is 18.4. The van der Waals surface area contributed by atoms with Gasteiger partial charge >= 0.3 is 5.69 Å². The lowest BCUT2D eigenvalue weighted by molar-refractivity contribution is -0.385. The van der Waals surface area contributed by atoms with Crippen LogP contribution in [0.1, 0.15) is 15.9 Å². The first-order valence-corrected chi connectivity index (χ1v) is 7.27. The Morgan fingerprint density at radius 1 is 0.960 bits per heavy atom. The molecular weight excluding hydrogens is 326 g/mol. The highest BCUT2D eigenvalue weighted by molar-refractivity contribution is 6.07. The molecule has 2 aromatic rings. The van der Waals surface area contributed by atoms with Gasteiger partial charge in [-0.25, -0.2) is 0 Å². The van der Waals surface area contributed by atoms with Crippen molar-refractivity contribution >= 4 is 17.5 Å². The fourth-order valence-corrected chi connectivity index (χ4v) is 2.21. The maximum absolute atomic E-state index is 12.3. The number of hydrogen-bond acceptors (Lipinski definition) is 6. The normalized spacial score (nSPS) is 10.5. The number of nitrogens with zero attached hydrogens (tertiary/aromatic N) is 1. The van der Waals surface area contributed by atoms with Crippen LogP contribution in [0.2, 0.25) is 0 Å². The Hall–Kier alpha value is -3.35. The summed E-state index contributed by atoms with van der Waals surface area (Å²) in [5.41, 5.74) is 0.672. The van der Waals surface area contributed by atoms with E-state index in [4.69, 9.17) is 14.2 Å². The smallest absolute Gasteiger partial charge is 0.311 e. The molecule has 0 N–H and O–H groups in total. The molecule has 0 heterocycles. The van der Waals surface area contributed by atoms with Crippen molar-refractivity contribution in [2.24, 2.45) is 0 Å². The van der Waals surface area contributed by atoms with Gasteiger partial charge in [0.25, 0.3) is 0 Å². The van der Waals surface area contributed by atoms with Crippen LogP contribution in [0.4, 0.5) is 5.69 Å². The molecule has 0 aromatic heterocycles. The van der Waals surface area contributed by atoms with Crippen LogP contribution in [0.25, 0.3) is 6.08 Å². The number of nitro groups is 1. The monoisotopic (exact) mass is 343 g/mol. The van der Waals surface area contributed by atoms with Crippen LogP contribution in [0, 0.1) is 10.1 Å². The molecule has 2 aromatic carbocycles. The third-order valence-corrected chi connectivity index (χ3v) is 3.49. The number of ether oxygens (including phenoxy) is 3. The summed E-state index contributed by atoms with van der Waals surface area (Å²) in [7, 11) is 4.39. The summed E-state index contributed by atoms with van der Waals surface area (Å²) in [6, 6.07) is 9.28. The predicted octanol–water partition coefficient (Wildman–Crippen LogP) is 3.52. The van der Waals surface area contributed by atoms with Crippen LogP contribution in [0.5, 0.6) is 17.2 Å². The van der Waals surface area contributed by atoms with Crippen LogP contribution < -0.4 is 14.2 Å². The minimum Gasteiger partial charge on any atom is -0.493 e. The van der Waals surface area contributed by atoms with Gasteiger partial charge in [-0.2, -0.15) is 0 Å². The number of hydrogen-bond donors (Lipinski definition) is 0. The van der Waals surface area contributed by atoms with Crippen LogP contribution >= 0.6 is 0 Å². The second-order valence-electron chi connectivity index (χ2n) is 4.96. The maximum atomic E-state index is 12.3. The summed E-state index contributed by atoms with van der Waals surface area (Å²) in [6.45, 7) is 0. The van der Waals surface area contributed by atoms with Crippen molar-refractivity contribution in [1.82, 2.24) is 0 Å². The minimum atomic E-state index is -0.590. The Morgan fingerprint density at radius 2 is 1.60 bits per heavy atom. The molecule has 0 amide bonds. The number of methoxy groups -OCH3 is 3. The van der Waals surface area contributed by atoms with E-state index in [1.54, 1.807) is 24.3 Å². The molecule has 25 heavy (non-hydrogen) atoms. The molecule has 7 nitrogen and oxygen atoms in total. The standard InChI is InChI=1S/C18H17NO6/c1-23-16-9-6-13(11-14(16)19(21)22)15(20)7-4-12-5-8-17(24-2)18(10-12)25-3/h4-11H,1-3H3/b7-4-. The highest BCUT2D eigenvalue weighted by Crippen LogP contribution is 2.29. The third-order valence-electron chi connectivity index (χ3n) is 3.49. The van der Waals surface area contributed by atoms with Crippen molar-refractivity contribution in [3.8, 4) is 17.2 Å². The molecule has 0 unspecified atom stereocenters. The molecule has 0 atom stereocenters. The van der Waals surface area contributed by atoms with Gasteiger partial charge in [0.05, 0.1) is 26.3 Å². The SMILES string of the molecule is COc1ccc(/C=C\C(=O)c2ccc(OC)c([N+](=O)[O-])c2)cc1OC. The first-order chi connectivity index (χ1) is 12.0. The molecule has 0 spiro atoms. The summed E-state index contributed by atoms with van der Waals surface area (Å²) in [6.07, 6.45) is 2.94.